The van der Waals surface area contributed by atoms with Crippen LogP contribution in [0.4, 0.5) is 23.0 Å². The molecule has 0 saturated carbocycles. The number of nitrogens with one attached hydrogen (secondary N) is 3. The van der Waals surface area contributed by atoms with Crippen LogP contribution in [0, 0.1) is 10.1 Å². The van der Waals surface area contributed by atoms with Crippen LogP contribution in [0.1, 0.15) is 10.4 Å². The first kappa shape index (κ1) is 21.5. The Kier molecular flexibility index (Phi) is 6.62. The second kappa shape index (κ2) is 9.54. The molecule has 3 aromatic rings. The minimum atomic E-state index is -0.696. The summed E-state index contributed by atoms with van der Waals surface area (Å²) >= 11 is 6.15. The summed E-state index contributed by atoms with van der Waals surface area (Å²) in [5.41, 5.74) is 4.82. The number of hydrogen-bond acceptors (Lipinski definition) is 10. The van der Waals surface area contributed by atoms with Crippen LogP contribution in [0.2, 0.25) is 5.02 Å². The van der Waals surface area contributed by atoms with Crippen LogP contribution in [0.5, 0.6) is 11.5 Å². The molecule has 160 valence electrons. The van der Waals surface area contributed by atoms with E-state index in [2.05, 4.69) is 31.1 Å². The van der Waals surface area contributed by atoms with E-state index >= 15 is 0 Å². The van der Waals surface area contributed by atoms with Gasteiger partial charge in [-0.05, 0) is 18.2 Å². The number of aromatic nitrogens is 3. The number of carbonyl (C=O) groups is 1. The van der Waals surface area contributed by atoms with Crippen molar-refractivity contribution in [1.82, 2.24) is 20.4 Å². The Labute approximate surface area is 180 Å². The van der Waals surface area contributed by atoms with E-state index in [-0.39, 0.29) is 22.2 Å². The maximum absolute atomic E-state index is 12.2. The third kappa shape index (κ3) is 4.87. The van der Waals surface area contributed by atoms with Gasteiger partial charge in [-0.3, -0.25) is 30.7 Å². The number of amides is 1. The number of benzene rings is 1. The van der Waals surface area contributed by atoms with Crippen LogP contribution in [0.15, 0.2) is 43.0 Å². The van der Waals surface area contributed by atoms with Crippen LogP contribution < -0.4 is 25.6 Å². The van der Waals surface area contributed by atoms with Gasteiger partial charge in [0, 0.05) is 18.5 Å². The molecule has 0 fully saturated rings. The second-order valence-corrected chi connectivity index (χ2v) is 6.22. The van der Waals surface area contributed by atoms with E-state index in [9.17, 15) is 14.9 Å². The van der Waals surface area contributed by atoms with Gasteiger partial charge >= 0.3 is 5.69 Å². The Morgan fingerprint density at radius 1 is 1.16 bits per heavy atom. The van der Waals surface area contributed by atoms with E-state index in [0.29, 0.717) is 17.2 Å². The standard InChI is InChI=1S/C18H16ClN7O5/c1-30-13-7-14(31-2)12(6-11(13)19)23-16-15(26(28)29)17(22-9-21-16)24-25-18(27)10-4-3-5-20-8-10/h3-9H,1-2H3,(H,25,27)(H2,21,22,23,24). The SMILES string of the molecule is COc1cc(OC)c(Nc2ncnc(NNC(=O)c3cccnc3)c2[N+](=O)[O-])cc1Cl. The summed E-state index contributed by atoms with van der Waals surface area (Å²) in [4.78, 5) is 34.8. The van der Waals surface area contributed by atoms with Gasteiger partial charge in [0.05, 0.1) is 35.4 Å². The Bertz CT molecular complexity index is 1110. The predicted molar refractivity (Wildman–Crippen MR) is 112 cm³/mol. The predicted octanol–water partition coefficient (Wildman–Crippen LogP) is 2.95. The molecule has 3 N–H and O–H groups in total. The molecule has 1 amide bonds. The Balaban J connectivity index is 1.90. The smallest absolute Gasteiger partial charge is 0.355 e. The van der Waals surface area contributed by atoms with Crippen molar-refractivity contribution in [2.24, 2.45) is 0 Å². The number of hydrogen-bond donors (Lipinski definition) is 3. The zero-order chi connectivity index (χ0) is 22.4. The molecule has 13 heteroatoms. The number of anilines is 3. The quantitative estimate of drug-likeness (QED) is 0.348. The van der Waals surface area contributed by atoms with Crippen LogP contribution in [-0.2, 0) is 0 Å². The summed E-state index contributed by atoms with van der Waals surface area (Å²) < 4.78 is 10.4. The first-order chi connectivity index (χ1) is 14.9. The maximum Gasteiger partial charge on any atom is 0.355 e. The van der Waals surface area contributed by atoms with Crippen molar-refractivity contribution in [3.8, 4) is 11.5 Å². The van der Waals surface area contributed by atoms with Crippen LogP contribution in [0.3, 0.4) is 0 Å². The highest BCUT2D eigenvalue weighted by atomic mass is 35.5. The van der Waals surface area contributed by atoms with Gasteiger partial charge < -0.3 is 14.8 Å². The van der Waals surface area contributed by atoms with E-state index < -0.39 is 16.5 Å². The average molecular weight is 446 g/mol. The molecule has 0 saturated heterocycles. The summed E-state index contributed by atoms with van der Waals surface area (Å²) in [6, 6.07) is 6.11. The number of halogens is 1. The zero-order valence-electron chi connectivity index (χ0n) is 16.2. The van der Waals surface area contributed by atoms with E-state index in [0.717, 1.165) is 6.33 Å². The van der Waals surface area contributed by atoms with Gasteiger partial charge in [-0.25, -0.2) is 9.97 Å². The minimum Gasteiger partial charge on any atom is -0.495 e. The third-order valence-electron chi connectivity index (χ3n) is 3.95. The Morgan fingerprint density at radius 2 is 1.90 bits per heavy atom. The molecule has 0 radical (unpaired) electrons. The van der Waals surface area contributed by atoms with Crippen molar-refractivity contribution in [2.75, 3.05) is 25.0 Å². The molecule has 0 bridgehead atoms. The van der Waals surface area contributed by atoms with Crippen molar-refractivity contribution in [3.63, 3.8) is 0 Å². The Hall–Kier alpha value is -4.19. The fourth-order valence-electron chi connectivity index (χ4n) is 2.51. The summed E-state index contributed by atoms with van der Waals surface area (Å²) in [5, 5.41) is 14.8. The molecule has 12 nitrogen and oxygen atoms in total. The number of hydrazine groups is 1. The van der Waals surface area contributed by atoms with Crippen molar-refractivity contribution in [2.45, 2.75) is 0 Å². The number of nitro groups is 1. The normalized spacial score (nSPS) is 10.2. The minimum absolute atomic E-state index is 0.155. The van der Waals surface area contributed by atoms with Gasteiger partial charge in [0.1, 0.15) is 17.8 Å². The summed E-state index contributed by atoms with van der Waals surface area (Å²) in [5.74, 6) is -0.273. The fourth-order valence-corrected chi connectivity index (χ4v) is 2.75. The molecular formula is C18H16ClN7O5. The van der Waals surface area contributed by atoms with Crippen LogP contribution in [0.25, 0.3) is 0 Å². The number of pyridine rings is 1. The monoisotopic (exact) mass is 445 g/mol. The third-order valence-corrected chi connectivity index (χ3v) is 4.25. The number of rotatable bonds is 8. The average Bonchev–Trinajstić information content (AvgIpc) is 2.78. The van der Waals surface area contributed by atoms with Gasteiger partial charge in [-0.15, -0.1) is 0 Å². The molecule has 0 aliphatic heterocycles. The van der Waals surface area contributed by atoms with E-state index in [1.807, 2.05) is 0 Å². The molecular weight excluding hydrogens is 430 g/mol. The van der Waals surface area contributed by atoms with E-state index in [1.165, 1.54) is 44.8 Å². The largest absolute Gasteiger partial charge is 0.495 e. The summed E-state index contributed by atoms with van der Waals surface area (Å²) in [6.07, 6.45) is 3.95. The van der Waals surface area contributed by atoms with Gasteiger partial charge in [-0.1, -0.05) is 11.6 Å². The number of nitrogens with zero attached hydrogens (tertiary/aromatic N) is 4. The zero-order valence-corrected chi connectivity index (χ0v) is 17.0. The van der Waals surface area contributed by atoms with Crippen molar-refractivity contribution in [1.29, 1.82) is 0 Å². The molecule has 0 atom stereocenters. The lowest BCUT2D eigenvalue weighted by Crippen LogP contribution is -2.30. The van der Waals surface area contributed by atoms with E-state index in [4.69, 9.17) is 21.1 Å². The number of carbonyl (C=O) groups excluding carboxylic acids is 1. The van der Waals surface area contributed by atoms with Crippen molar-refractivity contribution < 1.29 is 19.2 Å². The molecule has 2 aromatic heterocycles. The summed E-state index contributed by atoms with van der Waals surface area (Å²) in [7, 11) is 2.87. The molecule has 0 spiro atoms. The first-order valence-electron chi connectivity index (χ1n) is 8.59. The van der Waals surface area contributed by atoms with Crippen LogP contribution in [-0.4, -0.2) is 40.0 Å². The lowest BCUT2D eigenvalue weighted by Gasteiger charge is -2.14. The molecule has 1 aromatic carbocycles. The lowest BCUT2D eigenvalue weighted by molar-refractivity contribution is -0.383. The van der Waals surface area contributed by atoms with Crippen molar-refractivity contribution >= 4 is 40.5 Å². The molecule has 2 heterocycles. The molecule has 3 rings (SSSR count). The topological polar surface area (TPSA) is 153 Å². The Morgan fingerprint density at radius 3 is 2.55 bits per heavy atom. The van der Waals surface area contributed by atoms with Gasteiger partial charge in [0.2, 0.25) is 11.6 Å². The summed E-state index contributed by atoms with van der Waals surface area (Å²) in [6.45, 7) is 0. The second-order valence-electron chi connectivity index (χ2n) is 5.81. The highest BCUT2D eigenvalue weighted by Crippen LogP contribution is 2.39. The molecule has 0 aliphatic carbocycles. The van der Waals surface area contributed by atoms with E-state index in [1.54, 1.807) is 6.07 Å². The van der Waals surface area contributed by atoms with Gasteiger partial charge in [0.25, 0.3) is 5.91 Å². The number of ether oxygens (including phenoxy) is 2. The lowest BCUT2D eigenvalue weighted by atomic mass is 10.2. The highest BCUT2D eigenvalue weighted by molar-refractivity contribution is 6.32. The molecule has 31 heavy (non-hydrogen) atoms. The molecule has 0 aliphatic rings. The highest BCUT2D eigenvalue weighted by Gasteiger charge is 2.25. The first-order valence-corrected chi connectivity index (χ1v) is 8.96. The van der Waals surface area contributed by atoms with Gasteiger partial charge in [-0.2, -0.15) is 0 Å². The van der Waals surface area contributed by atoms with Gasteiger partial charge in [0.15, 0.2) is 0 Å². The maximum atomic E-state index is 12.2. The molecule has 0 unspecified atom stereocenters. The van der Waals surface area contributed by atoms with Crippen molar-refractivity contribution in [3.05, 3.63) is 63.7 Å². The van der Waals surface area contributed by atoms with Crippen LogP contribution >= 0.6 is 11.6 Å². The number of methoxy groups -OCH3 is 2. The fraction of sp³-hybridized carbons (Fsp3) is 0.111.